The summed E-state index contributed by atoms with van der Waals surface area (Å²) in [4.78, 5) is 25.4. The van der Waals surface area contributed by atoms with Crippen LogP contribution in [0.1, 0.15) is 47.4 Å². The van der Waals surface area contributed by atoms with Crippen molar-refractivity contribution in [3.63, 3.8) is 0 Å². The molecule has 3 aromatic carbocycles. The van der Waals surface area contributed by atoms with E-state index >= 15 is 0 Å². The van der Waals surface area contributed by atoms with Gasteiger partial charge in [0.15, 0.2) is 5.58 Å². The summed E-state index contributed by atoms with van der Waals surface area (Å²) in [6, 6.07) is 14.3. The number of aliphatic carboxylic acids is 1. The third kappa shape index (κ3) is 6.55. The van der Waals surface area contributed by atoms with Crippen molar-refractivity contribution in [3.05, 3.63) is 76.7 Å². The van der Waals surface area contributed by atoms with Crippen LogP contribution < -0.4 is 4.74 Å². The Hall–Kier alpha value is -4.65. The first kappa shape index (κ1) is 32.9. The predicted octanol–water partition coefficient (Wildman–Crippen LogP) is 6.82. The molecule has 1 saturated heterocycles. The van der Waals surface area contributed by atoms with E-state index in [9.17, 15) is 23.8 Å². The topological polar surface area (TPSA) is 125 Å². The summed E-state index contributed by atoms with van der Waals surface area (Å²) in [6.07, 6.45) is 2.71. The number of rotatable bonds is 11. The number of hydrogen-bond donors (Lipinski definition) is 2. The van der Waals surface area contributed by atoms with Gasteiger partial charge in [-0.05, 0) is 80.1 Å². The van der Waals surface area contributed by atoms with Crippen LogP contribution in [0.15, 0.2) is 57.4 Å². The Morgan fingerprint density at radius 1 is 1.00 bits per heavy atom. The van der Waals surface area contributed by atoms with Crippen molar-refractivity contribution in [1.29, 1.82) is 0 Å². The second kappa shape index (κ2) is 13.7. The number of carboxylic acid groups (broad SMARTS) is 1. The van der Waals surface area contributed by atoms with Crippen molar-refractivity contribution in [2.45, 2.75) is 65.3 Å². The zero-order chi connectivity index (χ0) is 34.2. The fourth-order valence-corrected chi connectivity index (χ4v) is 7.13. The molecular weight excluding hydrogens is 634 g/mol. The van der Waals surface area contributed by atoms with Gasteiger partial charge in [0.1, 0.15) is 23.1 Å². The van der Waals surface area contributed by atoms with E-state index in [1.165, 1.54) is 6.07 Å². The first-order chi connectivity index (χ1) is 23.7. The highest BCUT2D eigenvalue weighted by Crippen LogP contribution is 2.39. The van der Waals surface area contributed by atoms with Crippen LogP contribution in [-0.2, 0) is 24.3 Å². The van der Waals surface area contributed by atoms with E-state index in [-0.39, 0.29) is 24.5 Å². The molecule has 2 aromatic heterocycles. The lowest BCUT2D eigenvalue weighted by Crippen LogP contribution is -2.35. The third-order valence-electron chi connectivity index (χ3n) is 9.67. The van der Waals surface area contributed by atoms with Crippen LogP contribution in [-0.4, -0.2) is 74.8 Å². The molecule has 0 aliphatic carbocycles. The van der Waals surface area contributed by atoms with Crippen molar-refractivity contribution in [1.82, 2.24) is 19.8 Å². The number of hydrogen-bond acceptors (Lipinski definition) is 9. The van der Waals surface area contributed by atoms with E-state index in [2.05, 4.69) is 11.0 Å². The van der Waals surface area contributed by atoms with Crippen LogP contribution in [0.5, 0.6) is 5.75 Å². The summed E-state index contributed by atoms with van der Waals surface area (Å²) in [5.41, 5.74) is 7.67. The number of carbonyl (C=O) groups is 1. The van der Waals surface area contributed by atoms with Crippen molar-refractivity contribution >= 4 is 17.1 Å². The van der Waals surface area contributed by atoms with Crippen LogP contribution >= 0.6 is 0 Å². The molecule has 0 spiro atoms. The SMILES string of the molecule is Cc1c(-c2nc3c(o2)CCN(CCCO)C3)cccc1-c1cccc(-c2nc3cc(CN4CCCC4C(=O)O)c(OC(F)F)cc3o2)c1C. The number of nitrogens with zero attached hydrogens (tertiary/aromatic N) is 4. The maximum absolute atomic E-state index is 13.4. The van der Waals surface area contributed by atoms with Crippen molar-refractivity contribution in [2.75, 3.05) is 26.2 Å². The molecule has 1 unspecified atom stereocenters. The Labute approximate surface area is 281 Å². The molecule has 2 N–H and O–H groups in total. The molecule has 10 nitrogen and oxygen atoms in total. The summed E-state index contributed by atoms with van der Waals surface area (Å²) in [5.74, 6) is 0.823. The standard InChI is InChI=1S/C37H38F2N4O6/c1-21-24(25-8-4-10-27(22(25)2)35-41-29-20-42(13-6-16-44)15-12-31(29)47-35)7-3-9-26(21)34-40-28-17-23(19-43-14-5-11-30(43)36(45)46)32(49-37(38)39)18-33(28)48-34/h3-4,7-10,17-18,30,37,44H,5-6,11-16,19-20H2,1-2H3,(H,45,46). The molecule has 0 saturated carbocycles. The summed E-state index contributed by atoms with van der Waals surface area (Å²) in [7, 11) is 0. The molecule has 0 amide bonds. The number of aliphatic hydroxyl groups excluding tert-OH is 1. The maximum atomic E-state index is 13.4. The van der Waals surface area contributed by atoms with Gasteiger partial charge in [-0.15, -0.1) is 0 Å². The third-order valence-corrected chi connectivity index (χ3v) is 9.67. The van der Waals surface area contributed by atoms with E-state index in [0.717, 1.165) is 70.8 Å². The highest BCUT2D eigenvalue weighted by atomic mass is 19.3. The maximum Gasteiger partial charge on any atom is 0.387 e. The van der Waals surface area contributed by atoms with Crippen LogP contribution in [0.25, 0.3) is 45.1 Å². The minimum atomic E-state index is -3.06. The number of alkyl halides is 2. The lowest BCUT2D eigenvalue weighted by Gasteiger charge is -2.24. The zero-order valence-corrected chi connectivity index (χ0v) is 27.4. The minimum absolute atomic E-state index is 0.0646. The predicted molar refractivity (Wildman–Crippen MR) is 178 cm³/mol. The van der Waals surface area contributed by atoms with Gasteiger partial charge in [0.05, 0.1) is 5.69 Å². The van der Waals surface area contributed by atoms with Gasteiger partial charge < -0.3 is 23.8 Å². The number of likely N-dealkylation sites (tertiary alicyclic amines) is 1. The highest BCUT2D eigenvalue weighted by molar-refractivity contribution is 5.84. The Bertz CT molecular complexity index is 2010. The van der Waals surface area contributed by atoms with Gasteiger partial charge in [-0.2, -0.15) is 8.78 Å². The Kier molecular flexibility index (Phi) is 9.19. The summed E-state index contributed by atoms with van der Waals surface area (Å²) >= 11 is 0. The van der Waals surface area contributed by atoms with Gasteiger partial charge in [0, 0.05) is 62.0 Å². The number of carboxylic acids is 1. The molecule has 5 aromatic rings. The van der Waals surface area contributed by atoms with Gasteiger partial charge in [0.25, 0.3) is 0 Å². The number of benzene rings is 3. The number of ether oxygens (including phenoxy) is 1. The second-order valence-corrected chi connectivity index (χ2v) is 12.7. The first-order valence-corrected chi connectivity index (χ1v) is 16.6. The normalized spacial score (nSPS) is 16.9. The quantitative estimate of drug-likeness (QED) is 0.154. The number of aliphatic hydroxyl groups is 1. The van der Waals surface area contributed by atoms with Crippen molar-refractivity contribution in [3.8, 4) is 39.8 Å². The minimum Gasteiger partial charge on any atom is -0.480 e. The van der Waals surface area contributed by atoms with E-state index in [4.69, 9.17) is 23.5 Å². The lowest BCUT2D eigenvalue weighted by atomic mass is 9.91. The molecule has 2 aliphatic rings. The number of fused-ring (bicyclic) bond motifs is 2. The van der Waals surface area contributed by atoms with Gasteiger partial charge in [-0.1, -0.05) is 24.3 Å². The average molecular weight is 673 g/mol. The number of halogens is 2. The van der Waals surface area contributed by atoms with E-state index < -0.39 is 18.6 Å². The summed E-state index contributed by atoms with van der Waals surface area (Å²) in [5, 5.41) is 18.9. The Balaban J connectivity index is 1.21. The highest BCUT2D eigenvalue weighted by Gasteiger charge is 2.32. The van der Waals surface area contributed by atoms with Crippen molar-refractivity contribution in [2.24, 2.45) is 0 Å². The van der Waals surface area contributed by atoms with Gasteiger partial charge in [-0.3, -0.25) is 14.6 Å². The number of oxazole rings is 2. The molecule has 256 valence electrons. The molecular formula is C37H38F2N4O6. The monoisotopic (exact) mass is 672 g/mol. The Morgan fingerprint density at radius 2 is 1.69 bits per heavy atom. The van der Waals surface area contributed by atoms with Crippen LogP contribution in [0, 0.1) is 13.8 Å². The second-order valence-electron chi connectivity index (χ2n) is 12.7. The molecule has 2 aliphatic heterocycles. The van der Waals surface area contributed by atoms with Crippen molar-refractivity contribution < 1.29 is 37.4 Å². The lowest BCUT2D eigenvalue weighted by molar-refractivity contribution is -0.142. The van der Waals surface area contributed by atoms with Gasteiger partial charge in [0.2, 0.25) is 11.8 Å². The average Bonchev–Trinajstić information content (AvgIpc) is 3.82. The first-order valence-electron chi connectivity index (χ1n) is 16.6. The molecule has 1 atom stereocenters. The fraction of sp³-hybridized carbons (Fsp3) is 0.378. The van der Waals surface area contributed by atoms with Gasteiger partial charge in [-0.25, -0.2) is 9.97 Å². The molecule has 4 heterocycles. The van der Waals surface area contributed by atoms with Gasteiger partial charge >= 0.3 is 12.6 Å². The molecule has 7 rings (SSSR count). The van der Waals surface area contributed by atoms with E-state index in [0.29, 0.717) is 48.8 Å². The molecule has 0 bridgehead atoms. The van der Waals surface area contributed by atoms with Crippen LogP contribution in [0.3, 0.4) is 0 Å². The van der Waals surface area contributed by atoms with E-state index in [1.54, 1.807) is 11.0 Å². The summed E-state index contributed by atoms with van der Waals surface area (Å²) in [6.45, 7) is 4.22. The molecule has 49 heavy (non-hydrogen) atoms. The summed E-state index contributed by atoms with van der Waals surface area (Å²) < 4.78 is 44.2. The zero-order valence-electron chi connectivity index (χ0n) is 27.4. The van der Waals surface area contributed by atoms with Crippen LogP contribution in [0.4, 0.5) is 8.78 Å². The Morgan fingerprint density at radius 3 is 2.37 bits per heavy atom. The fourth-order valence-electron chi connectivity index (χ4n) is 7.13. The molecule has 1 fully saturated rings. The molecule has 12 heteroatoms. The molecule has 0 radical (unpaired) electrons. The number of aromatic nitrogens is 2. The largest absolute Gasteiger partial charge is 0.480 e. The smallest absolute Gasteiger partial charge is 0.387 e. The van der Waals surface area contributed by atoms with Crippen LogP contribution in [0.2, 0.25) is 0 Å². The van der Waals surface area contributed by atoms with E-state index in [1.807, 2.05) is 44.2 Å².